The smallest absolute Gasteiger partial charge is 0.239 e. The van der Waals surface area contributed by atoms with Crippen LogP contribution in [0.3, 0.4) is 0 Å². The number of hydrogen-bond acceptors (Lipinski definition) is 4. The number of ether oxygens (including phenoxy) is 1. The Morgan fingerprint density at radius 3 is 2.50 bits per heavy atom. The lowest BCUT2D eigenvalue weighted by molar-refractivity contribution is -0.134. The lowest BCUT2D eigenvalue weighted by Crippen LogP contribution is -2.47. The van der Waals surface area contributed by atoms with E-state index in [1.165, 1.54) is 0 Å². The van der Waals surface area contributed by atoms with Crippen LogP contribution in [0.5, 0.6) is 5.75 Å². The van der Waals surface area contributed by atoms with Crippen molar-refractivity contribution >= 4 is 29.1 Å². The maximum Gasteiger partial charge on any atom is 0.239 e. The second-order valence-electron chi connectivity index (χ2n) is 6.54. The number of aliphatic hydroxyl groups excluding tert-OH is 1. The molecule has 3 rings (SSSR count). The molecule has 2 fully saturated rings. The summed E-state index contributed by atoms with van der Waals surface area (Å²) in [5.74, 6) is 1.19. The quantitative estimate of drug-likeness (QED) is 0.851. The second kappa shape index (κ2) is 7.91. The first kappa shape index (κ1) is 17.8. The first-order valence-corrected chi connectivity index (χ1v) is 9.06. The van der Waals surface area contributed by atoms with Crippen LogP contribution in [0.15, 0.2) is 18.2 Å². The monoisotopic (exact) mass is 372 g/mol. The van der Waals surface area contributed by atoms with Gasteiger partial charge in [-0.25, -0.2) is 0 Å². The summed E-state index contributed by atoms with van der Waals surface area (Å²) in [6.07, 6.45) is 1.93. The van der Waals surface area contributed by atoms with Crippen LogP contribution in [-0.4, -0.2) is 54.3 Å². The van der Waals surface area contributed by atoms with Crippen LogP contribution in [0.4, 0.5) is 0 Å². The molecule has 1 aromatic carbocycles. The average molecular weight is 373 g/mol. The van der Waals surface area contributed by atoms with E-state index < -0.39 is 6.10 Å². The molecule has 2 aliphatic heterocycles. The van der Waals surface area contributed by atoms with E-state index in [9.17, 15) is 9.90 Å². The molecule has 2 heterocycles. The Morgan fingerprint density at radius 1 is 1.25 bits per heavy atom. The molecule has 1 aromatic rings. The number of rotatable bonds is 4. The summed E-state index contributed by atoms with van der Waals surface area (Å²) in [7, 11) is 0. The number of nitrogens with zero attached hydrogens (tertiary/aromatic N) is 1. The normalized spacial score (nSPS) is 25.0. The standard InChI is InChI=1S/C17H22Cl2N2O3/c18-12-5-13(19)7-15(6-12)24-10-11-1-3-21(4-2-11)17(23)16-8-14(22)9-20-16/h5-7,11,14,16,20,22H,1-4,8-10H2. The minimum absolute atomic E-state index is 0.104. The number of benzene rings is 1. The molecule has 2 N–H and O–H groups in total. The fourth-order valence-corrected chi connectivity index (χ4v) is 3.78. The van der Waals surface area contributed by atoms with Crippen LogP contribution in [0, 0.1) is 5.92 Å². The summed E-state index contributed by atoms with van der Waals surface area (Å²) >= 11 is 11.9. The van der Waals surface area contributed by atoms with E-state index in [0.717, 1.165) is 25.9 Å². The Kier molecular flexibility index (Phi) is 5.87. The summed E-state index contributed by atoms with van der Waals surface area (Å²) in [4.78, 5) is 14.3. The van der Waals surface area contributed by atoms with Gasteiger partial charge in [0.15, 0.2) is 0 Å². The van der Waals surface area contributed by atoms with Crippen LogP contribution < -0.4 is 10.1 Å². The molecule has 0 bridgehead atoms. The maximum absolute atomic E-state index is 12.4. The van der Waals surface area contributed by atoms with E-state index in [2.05, 4.69) is 5.32 Å². The van der Waals surface area contributed by atoms with Crippen molar-refractivity contribution in [2.75, 3.05) is 26.2 Å². The van der Waals surface area contributed by atoms with E-state index in [0.29, 0.717) is 41.3 Å². The van der Waals surface area contributed by atoms with Crippen molar-refractivity contribution < 1.29 is 14.6 Å². The van der Waals surface area contributed by atoms with Crippen LogP contribution in [0.25, 0.3) is 0 Å². The van der Waals surface area contributed by atoms with E-state index >= 15 is 0 Å². The third-order valence-electron chi connectivity index (χ3n) is 4.65. The molecule has 24 heavy (non-hydrogen) atoms. The van der Waals surface area contributed by atoms with Crippen molar-refractivity contribution in [1.82, 2.24) is 10.2 Å². The number of hydrogen-bond donors (Lipinski definition) is 2. The molecule has 0 aromatic heterocycles. The lowest BCUT2D eigenvalue weighted by atomic mass is 9.97. The minimum Gasteiger partial charge on any atom is -0.493 e. The summed E-state index contributed by atoms with van der Waals surface area (Å²) in [5.41, 5.74) is 0. The molecular formula is C17H22Cl2N2O3. The molecule has 0 spiro atoms. The van der Waals surface area contributed by atoms with Crippen molar-refractivity contribution in [3.05, 3.63) is 28.2 Å². The molecule has 2 saturated heterocycles. The maximum atomic E-state index is 12.4. The minimum atomic E-state index is -0.408. The van der Waals surface area contributed by atoms with E-state index in [1.807, 2.05) is 4.90 Å². The summed E-state index contributed by atoms with van der Waals surface area (Å²) in [5, 5.41) is 13.7. The third kappa shape index (κ3) is 4.54. The number of carbonyl (C=O) groups is 1. The third-order valence-corrected chi connectivity index (χ3v) is 5.09. The number of aliphatic hydroxyl groups is 1. The van der Waals surface area contributed by atoms with Crippen LogP contribution in [-0.2, 0) is 4.79 Å². The fraction of sp³-hybridized carbons (Fsp3) is 0.588. The molecule has 1 amide bonds. The van der Waals surface area contributed by atoms with Gasteiger partial charge in [-0.1, -0.05) is 23.2 Å². The predicted molar refractivity (Wildman–Crippen MR) is 93.7 cm³/mol. The molecule has 0 aliphatic carbocycles. The molecule has 2 aliphatic rings. The van der Waals surface area contributed by atoms with Crippen molar-refractivity contribution in [3.8, 4) is 5.75 Å². The molecule has 5 nitrogen and oxygen atoms in total. The summed E-state index contributed by atoms with van der Waals surface area (Å²) < 4.78 is 5.80. The highest BCUT2D eigenvalue weighted by Gasteiger charge is 2.33. The number of amides is 1. The number of carbonyl (C=O) groups excluding carboxylic acids is 1. The van der Waals surface area contributed by atoms with Crippen molar-refractivity contribution in [2.45, 2.75) is 31.4 Å². The Bertz CT molecular complexity index is 571. The highest BCUT2D eigenvalue weighted by molar-refractivity contribution is 6.34. The number of likely N-dealkylation sites (tertiary alicyclic amines) is 1. The molecule has 0 saturated carbocycles. The van der Waals surface area contributed by atoms with Gasteiger partial charge in [0.25, 0.3) is 0 Å². The topological polar surface area (TPSA) is 61.8 Å². The molecule has 2 unspecified atom stereocenters. The average Bonchev–Trinajstić information content (AvgIpc) is 2.98. The first-order valence-electron chi connectivity index (χ1n) is 8.30. The molecule has 2 atom stereocenters. The molecular weight excluding hydrogens is 351 g/mol. The number of β-amino-alcohol motifs (C(OH)–C–C–N with tert-alkyl or cyclic N) is 1. The Labute approximate surface area is 151 Å². The fourth-order valence-electron chi connectivity index (χ4n) is 3.27. The van der Waals surface area contributed by atoms with Crippen molar-refractivity contribution in [1.29, 1.82) is 0 Å². The van der Waals surface area contributed by atoms with Crippen LogP contribution in [0.1, 0.15) is 19.3 Å². The SMILES string of the molecule is O=C(C1CC(O)CN1)N1CCC(COc2cc(Cl)cc(Cl)c2)CC1. The van der Waals surface area contributed by atoms with Gasteiger partial charge in [-0.05, 0) is 43.4 Å². The molecule has 0 radical (unpaired) electrons. The largest absolute Gasteiger partial charge is 0.493 e. The van der Waals surface area contributed by atoms with Crippen molar-refractivity contribution in [2.24, 2.45) is 5.92 Å². The van der Waals surface area contributed by atoms with Crippen molar-refractivity contribution in [3.63, 3.8) is 0 Å². The molecule has 7 heteroatoms. The Hall–Kier alpha value is -1.01. The highest BCUT2D eigenvalue weighted by atomic mass is 35.5. The van der Waals surface area contributed by atoms with Crippen LogP contribution in [0.2, 0.25) is 10.0 Å². The van der Waals surface area contributed by atoms with Gasteiger partial charge < -0.3 is 20.1 Å². The number of piperidine rings is 1. The van der Waals surface area contributed by atoms with E-state index in [-0.39, 0.29) is 11.9 Å². The first-order chi connectivity index (χ1) is 11.5. The van der Waals surface area contributed by atoms with Gasteiger partial charge in [0.2, 0.25) is 5.91 Å². The summed E-state index contributed by atoms with van der Waals surface area (Å²) in [6, 6.07) is 4.95. The lowest BCUT2D eigenvalue weighted by Gasteiger charge is -2.33. The van der Waals surface area contributed by atoms with Gasteiger partial charge >= 0.3 is 0 Å². The second-order valence-corrected chi connectivity index (χ2v) is 7.41. The van der Waals surface area contributed by atoms with Gasteiger partial charge in [0.05, 0.1) is 18.8 Å². The van der Waals surface area contributed by atoms with Gasteiger partial charge in [0, 0.05) is 29.7 Å². The predicted octanol–water partition coefficient (Wildman–Crippen LogP) is 2.33. The Morgan fingerprint density at radius 2 is 1.92 bits per heavy atom. The highest BCUT2D eigenvalue weighted by Crippen LogP contribution is 2.26. The number of halogens is 2. The van der Waals surface area contributed by atoms with Gasteiger partial charge in [0.1, 0.15) is 5.75 Å². The van der Waals surface area contributed by atoms with Gasteiger partial charge in [-0.15, -0.1) is 0 Å². The van der Waals surface area contributed by atoms with Crippen LogP contribution >= 0.6 is 23.2 Å². The van der Waals surface area contributed by atoms with Gasteiger partial charge in [-0.2, -0.15) is 0 Å². The summed E-state index contributed by atoms with van der Waals surface area (Å²) in [6.45, 7) is 2.57. The zero-order valence-electron chi connectivity index (χ0n) is 13.4. The zero-order valence-corrected chi connectivity index (χ0v) is 14.9. The Balaban J connectivity index is 1.44. The van der Waals surface area contributed by atoms with Gasteiger partial charge in [-0.3, -0.25) is 4.79 Å². The zero-order chi connectivity index (χ0) is 17.1. The van der Waals surface area contributed by atoms with E-state index in [1.54, 1.807) is 18.2 Å². The number of nitrogens with one attached hydrogen (secondary N) is 1. The van der Waals surface area contributed by atoms with E-state index in [4.69, 9.17) is 27.9 Å². The molecule has 132 valence electrons.